The number of nitrogens with zero attached hydrogens (tertiary/aromatic N) is 2. The minimum absolute atomic E-state index is 0.0505. The fourth-order valence-electron chi connectivity index (χ4n) is 3.67. The first kappa shape index (κ1) is 15.2. The number of ether oxygens (including phenoxy) is 1. The van der Waals surface area contributed by atoms with E-state index in [1.54, 1.807) is 0 Å². The van der Waals surface area contributed by atoms with Gasteiger partial charge in [-0.15, -0.1) is 0 Å². The zero-order valence-corrected chi connectivity index (χ0v) is 13.3. The Balaban J connectivity index is 2.18. The van der Waals surface area contributed by atoms with Crippen LogP contribution >= 0.6 is 0 Å². The van der Waals surface area contributed by atoms with Crippen molar-refractivity contribution in [2.24, 2.45) is 5.73 Å². The lowest BCUT2D eigenvalue weighted by Crippen LogP contribution is -2.68. The number of rotatable bonds is 2. The predicted molar refractivity (Wildman–Crippen MR) is 79.3 cm³/mol. The Morgan fingerprint density at radius 3 is 2.37 bits per heavy atom. The van der Waals surface area contributed by atoms with Crippen molar-refractivity contribution < 1.29 is 4.74 Å². The lowest BCUT2D eigenvalue weighted by molar-refractivity contribution is -0.134. The molecule has 0 aromatic carbocycles. The summed E-state index contributed by atoms with van der Waals surface area (Å²) in [4.78, 5) is 5.09. The highest BCUT2D eigenvalue weighted by Gasteiger charge is 2.47. The first-order valence-corrected chi connectivity index (χ1v) is 7.51. The van der Waals surface area contributed by atoms with E-state index in [9.17, 15) is 0 Å². The van der Waals surface area contributed by atoms with Gasteiger partial charge in [-0.3, -0.25) is 9.80 Å². The standard InChI is InChI=1S/C15H31N3O/c1-13(2)12-18(8-7-17(13)5)15(11-16)6-9-19-14(3,4)10-15/h6-12,16H2,1-5H3. The van der Waals surface area contributed by atoms with Gasteiger partial charge in [-0.2, -0.15) is 0 Å². The Kier molecular flexibility index (Phi) is 4.00. The van der Waals surface area contributed by atoms with Gasteiger partial charge in [0.1, 0.15) is 0 Å². The van der Waals surface area contributed by atoms with Gasteiger partial charge in [-0.1, -0.05) is 0 Å². The van der Waals surface area contributed by atoms with Gasteiger partial charge in [0.2, 0.25) is 0 Å². The van der Waals surface area contributed by atoms with Crippen molar-refractivity contribution in [2.45, 2.75) is 57.2 Å². The average molecular weight is 269 g/mol. The fourth-order valence-corrected chi connectivity index (χ4v) is 3.67. The number of hydrogen-bond acceptors (Lipinski definition) is 4. The molecule has 4 heteroatoms. The molecule has 2 saturated heterocycles. The summed E-state index contributed by atoms with van der Waals surface area (Å²) in [5.41, 5.74) is 6.50. The molecule has 1 unspecified atom stereocenters. The number of likely N-dealkylation sites (N-methyl/N-ethyl adjacent to an activating group) is 1. The normalized spacial score (nSPS) is 36.3. The van der Waals surface area contributed by atoms with Crippen LogP contribution in [0.25, 0.3) is 0 Å². The molecule has 2 rings (SSSR count). The van der Waals surface area contributed by atoms with Gasteiger partial charge in [0.15, 0.2) is 0 Å². The summed E-state index contributed by atoms with van der Waals surface area (Å²) in [6, 6.07) is 0. The van der Waals surface area contributed by atoms with Crippen molar-refractivity contribution >= 4 is 0 Å². The third kappa shape index (κ3) is 2.97. The molecule has 0 bridgehead atoms. The highest BCUT2D eigenvalue weighted by atomic mass is 16.5. The number of nitrogens with two attached hydrogens (primary N) is 1. The average Bonchev–Trinajstić information content (AvgIpc) is 2.31. The Morgan fingerprint density at radius 2 is 1.84 bits per heavy atom. The van der Waals surface area contributed by atoms with Crippen LogP contribution in [0.1, 0.15) is 40.5 Å². The van der Waals surface area contributed by atoms with Gasteiger partial charge in [0.05, 0.1) is 5.60 Å². The molecule has 0 amide bonds. The Morgan fingerprint density at radius 1 is 1.16 bits per heavy atom. The van der Waals surface area contributed by atoms with E-state index in [0.717, 1.165) is 45.6 Å². The monoisotopic (exact) mass is 269 g/mol. The van der Waals surface area contributed by atoms with Gasteiger partial charge in [0, 0.05) is 43.9 Å². The topological polar surface area (TPSA) is 41.7 Å². The van der Waals surface area contributed by atoms with Crippen LogP contribution in [0.2, 0.25) is 0 Å². The SMILES string of the molecule is CN1CCN(C2(CN)CCOC(C)(C)C2)CC1(C)C. The Bertz CT molecular complexity index is 329. The van der Waals surface area contributed by atoms with Crippen molar-refractivity contribution in [3.8, 4) is 0 Å². The summed E-state index contributed by atoms with van der Waals surface area (Å²) in [5, 5.41) is 0. The molecule has 0 aliphatic carbocycles. The molecule has 112 valence electrons. The van der Waals surface area contributed by atoms with Crippen LogP contribution in [0.3, 0.4) is 0 Å². The van der Waals surface area contributed by atoms with Crippen LogP contribution < -0.4 is 5.73 Å². The Labute approximate surface area is 118 Å². The van der Waals surface area contributed by atoms with E-state index < -0.39 is 0 Å². The van der Waals surface area contributed by atoms with Gasteiger partial charge in [0.25, 0.3) is 0 Å². The summed E-state index contributed by atoms with van der Waals surface area (Å²) in [6.45, 7) is 13.9. The molecule has 2 heterocycles. The number of piperazine rings is 1. The molecule has 0 spiro atoms. The highest BCUT2D eigenvalue weighted by molar-refractivity contribution is 5.03. The van der Waals surface area contributed by atoms with Crippen molar-refractivity contribution in [2.75, 3.05) is 39.8 Å². The van der Waals surface area contributed by atoms with Crippen molar-refractivity contribution in [3.63, 3.8) is 0 Å². The third-order valence-corrected chi connectivity index (χ3v) is 5.18. The van der Waals surface area contributed by atoms with E-state index in [1.165, 1.54) is 0 Å². The van der Waals surface area contributed by atoms with Crippen LogP contribution in [0.15, 0.2) is 0 Å². The molecular weight excluding hydrogens is 238 g/mol. The quantitative estimate of drug-likeness (QED) is 0.820. The largest absolute Gasteiger partial charge is 0.375 e. The first-order valence-electron chi connectivity index (χ1n) is 7.51. The molecule has 0 radical (unpaired) electrons. The lowest BCUT2D eigenvalue weighted by atomic mass is 9.78. The maximum Gasteiger partial charge on any atom is 0.0644 e. The van der Waals surface area contributed by atoms with Gasteiger partial charge < -0.3 is 10.5 Å². The Hall–Kier alpha value is -0.160. The van der Waals surface area contributed by atoms with Crippen LogP contribution in [0, 0.1) is 0 Å². The second-order valence-corrected chi connectivity index (χ2v) is 7.62. The molecule has 4 nitrogen and oxygen atoms in total. The minimum Gasteiger partial charge on any atom is -0.375 e. The predicted octanol–water partition coefficient (Wildman–Crippen LogP) is 1.30. The van der Waals surface area contributed by atoms with E-state index in [0.29, 0.717) is 0 Å². The summed E-state index contributed by atoms with van der Waals surface area (Å²) < 4.78 is 5.89. The second-order valence-electron chi connectivity index (χ2n) is 7.62. The molecule has 2 fully saturated rings. The summed E-state index contributed by atoms with van der Waals surface area (Å²) >= 11 is 0. The molecule has 0 aromatic heterocycles. The van der Waals surface area contributed by atoms with E-state index in [-0.39, 0.29) is 16.7 Å². The second kappa shape index (κ2) is 4.99. The van der Waals surface area contributed by atoms with Crippen LogP contribution in [0.4, 0.5) is 0 Å². The highest BCUT2D eigenvalue weighted by Crippen LogP contribution is 2.38. The zero-order valence-electron chi connectivity index (χ0n) is 13.3. The van der Waals surface area contributed by atoms with Crippen molar-refractivity contribution in [3.05, 3.63) is 0 Å². The molecule has 2 aliphatic rings. The molecule has 19 heavy (non-hydrogen) atoms. The summed E-state index contributed by atoms with van der Waals surface area (Å²) in [7, 11) is 2.22. The molecule has 2 aliphatic heterocycles. The van der Waals surface area contributed by atoms with E-state index in [1.807, 2.05) is 0 Å². The van der Waals surface area contributed by atoms with Crippen LogP contribution in [-0.4, -0.2) is 66.3 Å². The van der Waals surface area contributed by atoms with E-state index >= 15 is 0 Å². The summed E-state index contributed by atoms with van der Waals surface area (Å²) in [5.74, 6) is 0. The molecule has 1 atom stereocenters. The van der Waals surface area contributed by atoms with Gasteiger partial charge in [-0.05, 0) is 47.6 Å². The molecule has 2 N–H and O–H groups in total. The number of hydrogen-bond donors (Lipinski definition) is 1. The fraction of sp³-hybridized carbons (Fsp3) is 1.00. The maximum atomic E-state index is 6.20. The van der Waals surface area contributed by atoms with Gasteiger partial charge >= 0.3 is 0 Å². The van der Waals surface area contributed by atoms with Crippen LogP contribution in [0.5, 0.6) is 0 Å². The van der Waals surface area contributed by atoms with Crippen molar-refractivity contribution in [1.82, 2.24) is 9.80 Å². The summed E-state index contributed by atoms with van der Waals surface area (Å²) in [6.07, 6.45) is 2.10. The van der Waals surface area contributed by atoms with E-state index in [2.05, 4.69) is 44.5 Å². The molecule has 0 aromatic rings. The lowest BCUT2D eigenvalue weighted by Gasteiger charge is -2.56. The zero-order chi connectivity index (χ0) is 14.3. The molecular formula is C15H31N3O. The van der Waals surface area contributed by atoms with Crippen molar-refractivity contribution in [1.29, 1.82) is 0 Å². The van der Waals surface area contributed by atoms with Crippen LogP contribution in [-0.2, 0) is 4.74 Å². The minimum atomic E-state index is -0.0505. The smallest absolute Gasteiger partial charge is 0.0644 e. The van der Waals surface area contributed by atoms with Gasteiger partial charge in [-0.25, -0.2) is 0 Å². The molecule has 0 saturated carbocycles. The third-order valence-electron chi connectivity index (χ3n) is 5.18. The first-order chi connectivity index (χ1) is 8.71. The van der Waals surface area contributed by atoms with E-state index in [4.69, 9.17) is 10.5 Å². The maximum absolute atomic E-state index is 6.20.